The number of sulfonamides is 1. The second-order valence-electron chi connectivity index (χ2n) is 7.32. The van der Waals surface area contributed by atoms with Crippen molar-refractivity contribution in [3.05, 3.63) is 52.2 Å². The highest BCUT2D eigenvalue weighted by atomic mass is 32.2. The molecule has 0 unspecified atom stereocenters. The second kappa shape index (κ2) is 8.23. The van der Waals surface area contributed by atoms with Crippen LogP contribution in [-0.2, 0) is 10.0 Å². The van der Waals surface area contributed by atoms with Crippen LogP contribution in [0.1, 0.15) is 45.3 Å². The number of nitrogens with zero attached hydrogens (tertiary/aromatic N) is 3. The van der Waals surface area contributed by atoms with Crippen molar-refractivity contribution in [1.82, 2.24) is 14.6 Å². The number of carbonyl (C=O) groups is 1. The normalized spacial score (nSPS) is 13.6. The van der Waals surface area contributed by atoms with E-state index in [1.807, 2.05) is 32.0 Å². The second-order valence-corrected chi connectivity index (χ2v) is 9.75. The quantitative estimate of drug-likeness (QED) is 0.554. The van der Waals surface area contributed by atoms with E-state index < -0.39 is 15.9 Å². The third kappa shape index (κ3) is 4.37. The summed E-state index contributed by atoms with van der Waals surface area (Å²) in [6, 6.07) is 6.80. The van der Waals surface area contributed by atoms with E-state index in [0.29, 0.717) is 11.6 Å². The number of aryl methyl sites for hydroxylation is 2. The van der Waals surface area contributed by atoms with Gasteiger partial charge in [0.1, 0.15) is 0 Å². The zero-order chi connectivity index (χ0) is 22.2. The lowest BCUT2D eigenvalue weighted by molar-refractivity contribution is 0.102. The Balaban J connectivity index is 1.64. The summed E-state index contributed by atoms with van der Waals surface area (Å²) in [6.45, 7) is 3.63. The Labute approximate surface area is 184 Å². The SMILES string of the molecule is COc1ncc(NC(=O)c2nnsc2C2CC2)cc1S(=O)(=O)Nc1c(C)cccc1C. The number of carbonyl (C=O) groups excluding carboxylic acids is 1. The molecule has 1 aromatic carbocycles. The van der Waals surface area contributed by atoms with E-state index in [-0.39, 0.29) is 22.2 Å². The molecule has 162 valence electrons. The molecule has 3 aromatic rings. The van der Waals surface area contributed by atoms with E-state index in [2.05, 4.69) is 24.6 Å². The molecule has 1 amide bonds. The molecular formula is C20H21N5O4S2. The number of rotatable bonds is 7. The molecule has 4 rings (SSSR count). The smallest absolute Gasteiger partial charge is 0.277 e. The van der Waals surface area contributed by atoms with Crippen molar-refractivity contribution in [2.24, 2.45) is 0 Å². The van der Waals surface area contributed by atoms with Gasteiger partial charge < -0.3 is 10.1 Å². The van der Waals surface area contributed by atoms with Crippen LogP contribution in [0.15, 0.2) is 35.4 Å². The highest BCUT2D eigenvalue weighted by Gasteiger charge is 2.32. The molecule has 1 fully saturated rings. The van der Waals surface area contributed by atoms with Gasteiger partial charge in [-0.3, -0.25) is 9.52 Å². The molecule has 2 N–H and O–H groups in total. The summed E-state index contributed by atoms with van der Waals surface area (Å²) < 4.78 is 37.9. The Kier molecular flexibility index (Phi) is 5.63. The first-order valence-corrected chi connectivity index (χ1v) is 11.8. The largest absolute Gasteiger partial charge is 0.480 e. The van der Waals surface area contributed by atoms with Crippen molar-refractivity contribution in [1.29, 1.82) is 0 Å². The number of methoxy groups -OCH3 is 1. The summed E-state index contributed by atoms with van der Waals surface area (Å²) in [4.78, 5) is 17.4. The van der Waals surface area contributed by atoms with Crippen molar-refractivity contribution in [3.8, 4) is 5.88 Å². The first-order chi connectivity index (χ1) is 14.8. The van der Waals surface area contributed by atoms with Gasteiger partial charge in [0, 0.05) is 0 Å². The number of anilines is 2. The fourth-order valence-electron chi connectivity index (χ4n) is 3.17. The van der Waals surface area contributed by atoms with Crippen molar-refractivity contribution in [2.75, 3.05) is 17.1 Å². The van der Waals surface area contributed by atoms with E-state index in [1.165, 1.54) is 30.9 Å². The average molecular weight is 460 g/mol. The maximum absolute atomic E-state index is 13.1. The van der Waals surface area contributed by atoms with Crippen LogP contribution in [0.3, 0.4) is 0 Å². The molecule has 0 aliphatic heterocycles. The maximum atomic E-state index is 13.1. The molecule has 1 saturated carbocycles. The molecule has 9 nitrogen and oxygen atoms in total. The lowest BCUT2D eigenvalue weighted by atomic mass is 10.1. The fourth-order valence-corrected chi connectivity index (χ4v) is 5.33. The minimum Gasteiger partial charge on any atom is -0.480 e. The molecule has 0 saturated heterocycles. The van der Waals surface area contributed by atoms with Crippen LogP contribution in [0.2, 0.25) is 0 Å². The first kappa shape index (κ1) is 21.2. The molecule has 0 bridgehead atoms. The first-order valence-electron chi connectivity index (χ1n) is 9.57. The van der Waals surface area contributed by atoms with E-state index in [4.69, 9.17) is 4.74 Å². The van der Waals surface area contributed by atoms with Crippen LogP contribution in [-0.4, -0.2) is 36.0 Å². The maximum Gasteiger partial charge on any atom is 0.277 e. The molecular weight excluding hydrogens is 438 g/mol. The molecule has 2 aromatic heterocycles. The van der Waals surface area contributed by atoms with Crippen molar-refractivity contribution >= 4 is 38.8 Å². The summed E-state index contributed by atoms with van der Waals surface area (Å²) in [6.07, 6.45) is 3.37. The predicted octanol–water partition coefficient (Wildman–Crippen LogP) is 3.49. The molecule has 1 aliphatic carbocycles. The highest BCUT2D eigenvalue weighted by Crippen LogP contribution is 2.43. The van der Waals surface area contributed by atoms with E-state index in [9.17, 15) is 13.2 Å². The van der Waals surface area contributed by atoms with E-state index in [0.717, 1.165) is 28.8 Å². The number of pyridine rings is 1. The number of ether oxygens (including phenoxy) is 1. The van der Waals surface area contributed by atoms with Crippen LogP contribution >= 0.6 is 11.5 Å². The van der Waals surface area contributed by atoms with Gasteiger partial charge in [-0.15, -0.1) is 5.10 Å². The van der Waals surface area contributed by atoms with Crippen LogP contribution in [0, 0.1) is 13.8 Å². The predicted molar refractivity (Wildman–Crippen MR) is 117 cm³/mol. The average Bonchev–Trinajstić information content (AvgIpc) is 3.46. The van der Waals surface area contributed by atoms with Crippen LogP contribution in [0.5, 0.6) is 5.88 Å². The van der Waals surface area contributed by atoms with E-state index >= 15 is 0 Å². The highest BCUT2D eigenvalue weighted by molar-refractivity contribution is 7.92. The van der Waals surface area contributed by atoms with Crippen LogP contribution in [0.4, 0.5) is 11.4 Å². The third-order valence-corrected chi connectivity index (χ3v) is 7.18. The van der Waals surface area contributed by atoms with Gasteiger partial charge in [-0.05, 0) is 61.3 Å². The van der Waals surface area contributed by atoms with Crippen LogP contribution in [0.25, 0.3) is 0 Å². The van der Waals surface area contributed by atoms with Crippen LogP contribution < -0.4 is 14.8 Å². The molecule has 31 heavy (non-hydrogen) atoms. The number of aromatic nitrogens is 3. The van der Waals surface area contributed by atoms with Gasteiger partial charge in [0.2, 0.25) is 5.88 Å². The summed E-state index contributed by atoms with van der Waals surface area (Å²) in [7, 11) is -2.70. The molecule has 0 spiro atoms. The van der Waals surface area contributed by atoms with Gasteiger partial charge in [0.05, 0.1) is 29.6 Å². The summed E-state index contributed by atoms with van der Waals surface area (Å²) in [5, 5.41) is 6.61. The van der Waals surface area contributed by atoms with Crippen molar-refractivity contribution < 1.29 is 17.9 Å². The minimum atomic E-state index is -4.04. The molecule has 11 heteroatoms. The number of para-hydroxylation sites is 1. The van der Waals surface area contributed by atoms with Gasteiger partial charge in [0.25, 0.3) is 15.9 Å². The number of amides is 1. The zero-order valence-electron chi connectivity index (χ0n) is 17.2. The van der Waals surface area contributed by atoms with Crippen molar-refractivity contribution in [2.45, 2.75) is 37.5 Å². The third-order valence-electron chi connectivity index (χ3n) is 4.95. The molecule has 0 radical (unpaired) electrons. The molecule has 1 aliphatic rings. The summed E-state index contributed by atoms with van der Waals surface area (Å²) >= 11 is 1.21. The Bertz CT molecular complexity index is 1230. The topological polar surface area (TPSA) is 123 Å². The van der Waals surface area contributed by atoms with Gasteiger partial charge in [-0.1, -0.05) is 22.7 Å². The summed E-state index contributed by atoms with van der Waals surface area (Å²) in [5.74, 6) is -0.202. The monoisotopic (exact) mass is 459 g/mol. The zero-order valence-corrected chi connectivity index (χ0v) is 18.8. The summed E-state index contributed by atoms with van der Waals surface area (Å²) in [5.41, 5.74) is 2.53. The number of benzene rings is 1. The Morgan fingerprint density at radius 3 is 2.58 bits per heavy atom. The van der Waals surface area contributed by atoms with Gasteiger partial charge in [-0.25, -0.2) is 13.4 Å². The standard InChI is InChI=1S/C20H21N5O4S2/c1-11-5-4-6-12(2)16(11)24-31(27,28)15-9-14(10-21-20(15)29-3)22-19(26)17-18(13-7-8-13)30-25-23-17/h4-6,9-10,13,24H,7-8H2,1-3H3,(H,22,26). The molecule has 2 heterocycles. The van der Waals surface area contributed by atoms with E-state index in [1.54, 1.807) is 0 Å². The lowest BCUT2D eigenvalue weighted by Gasteiger charge is -2.15. The minimum absolute atomic E-state index is 0.0780. The fraction of sp³-hybridized carbons (Fsp3) is 0.300. The van der Waals surface area contributed by atoms with Gasteiger partial charge in [-0.2, -0.15) is 0 Å². The van der Waals surface area contributed by atoms with Gasteiger partial charge >= 0.3 is 0 Å². The number of nitrogens with one attached hydrogen (secondary N) is 2. The van der Waals surface area contributed by atoms with Gasteiger partial charge in [0.15, 0.2) is 10.6 Å². The Hall–Kier alpha value is -3.05. The number of hydrogen-bond acceptors (Lipinski definition) is 8. The van der Waals surface area contributed by atoms with Crippen molar-refractivity contribution in [3.63, 3.8) is 0 Å². The molecule has 0 atom stereocenters. The number of hydrogen-bond donors (Lipinski definition) is 2. The lowest BCUT2D eigenvalue weighted by Crippen LogP contribution is -2.18. The Morgan fingerprint density at radius 1 is 1.23 bits per heavy atom. The Morgan fingerprint density at radius 2 is 1.94 bits per heavy atom.